The van der Waals surface area contributed by atoms with Gasteiger partial charge in [-0.15, -0.1) is 0 Å². The van der Waals surface area contributed by atoms with Crippen LogP contribution in [0.5, 0.6) is 0 Å². The molecule has 0 saturated carbocycles. The molecule has 0 bridgehead atoms. The van der Waals surface area contributed by atoms with Crippen LogP contribution >= 0.6 is 0 Å². The molecule has 1 aliphatic heterocycles. The smallest absolute Gasteiger partial charge is 0.309 e. The van der Waals surface area contributed by atoms with Gasteiger partial charge in [0.1, 0.15) is 11.6 Å². The molecule has 3 rings (SSSR count). The van der Waals surface area contributed by atoms with Crippen molar-refractivity contribution in [3.63, 3.8) is 0 Å². The Bertz CT molecular complexity index is 1500. The molecule has 2 aromatic rings. The lowest BCUT2D eigenvalue weighted by atomic mass is 9.85. The van der Waals surface area contributed by atoms with E-state index in [2.05, 4.69) is 32.7 Å². The molecule has 300 valence electrons. The fourth-order valence-corrected chi connectivity index (χ4v) is 7.97. The van der Waals surface area contributed by atoms with Crippen molar-refractivity contribution in [3.05, 3.63) is 59.7 Å². The van der Waals surface area contributed by atoms with E-state index in [0.717, 1.165) is 24.1 Å². The van der Waals surface area contributed by atoms with E-state index in [4.69, 9.17) is 19.2 Å². The van der Waals surface area contributed by atoms with E-state index in [1.54, 1.807) is 25.3 Å². The summed E-state index contributed by atoms with van der Waals surface area (Å²) in [5.74, 6) is -1.23. The average molecular weight is 751 g/mol. The number of esters is 1. The summed E-state index contributed by atoms with van der Waals surface area (Å²) in [7, 11) is 6.34. The fourth-order valence-electron chi connectivity index (χ4n) is 7.97. The molecule has 1 saturated heterocycles. The Labute approximate surface area is 323 Å². The van der Waals surface area contributed by atoms with Gasteiger partial charge >= 0.3 is 5.97 Å². The van der Waals surface area contributed by atoms with Gasteiger partial charge in [-0.3, -0.25) is 19.2 Å². The summed E-state index contributed by atoms with van der Waals surface area (Å²) >= 11 is 0. The Morgan fingerprint density at radius 3 is 2.19 bits per heavy atom. The lowest BCUT2D eigenvalue weighted by molar-refractivity contribution is -0.149. The van der Waals surface area contributed by atoms with E-state index < -0.39 is 30.0 Å². The number of rotatable bonds is 21. The highest BCUT2D eigenvalue weighted by molar-refractivity contribution is 5.86. The summed E-state index contributed by atoms with van der Waals surface area (Å²) in [6.07, 6.45) is 3.79. The Morgan fingerprint density at radius 1 is 0.926 bits per heavy atom. The average Bonchev–Trinajstić information content (AvgIpc) is 3.65. The van der Waals surface area contributed by atoms with Crippen LogP contribution in [0.1, 0.15) is 104 Å². The van der Waals surface area contributed by atoms with Crippen LogP contribution in [0.3, 0.4) is 0 Å². The maximum absolute atomic E-state index is 14.3. The zero-order chi connectivity index (χ0) is 40.1. The summed E-state index contributed by atoms with van der Waals surface area (Å²) in [6, 6.07) is 10.8. The van der Waals surface area contributed by atoms with Gasteiger partial charge in [0, 0.05) is 64.4 Å². The second kappa shape index (κ2) is 21.4. The van der Waals surface area contributed by atoms with Crippen LogP contribution in [-0.2, 0) is 46.2 Å². The largest absolute Gasteiger partial charge is 0.469 e. The number of hydrogen-bond acceptors (Lipinski definition) is 9. The molecule has 8 atom stereocenters. The van der Waals surface area contributed by atoms with Gasteiger partial charge in [0.05, 0.1) is 43.7 Å². The van der Waals surface area contributed by atoms with Gasteiger partial charge in [-0.1, -0.05) is 85.2 Å². The van der Waals surface area contributed by atoms with Crippen molar-refractivity contribution in [2.75, 3.05) is 34.9 Å². The molecule has 54 heavy (non-hydrogen) atoms. The summed E-state index contributed by atoms with van der Waals surface area (Å²) in [5.41, 5.74) is 1.90. The molecule has 1 aromatic heterocycles. The summed E-state index contributed by atoms with van der Waals surface area (Å²) in [5, 5.41) is 0. The number of ketones is 1. The predicted molar refractivity (Wildman–Crippen MR) is 210 cm³/mol. The molecule has 2 amide bonds. The Morgan fingerprint density at radius 2 is 1.61 bits per heavy atom. The molecule has 11 nitrogen and oxygen atoms in total. The minimum absolute atomic E-state index is 0.0125. The second-order valence-corrected chi connectivity index (χ2v) is 15.8. The van der Waals surface area contributed by atoms with Gasteiger partial charge < -0.3 is 24.0 Å². The first-order valence-electron chi connectivity index (χ1n) is 19.8. The molecule has 0 N–H and O–H groups in total. The molecule has 1 aliphatic rings. The van der Waals surface area contributed by atoms with Crippen LogP contribution in [0.15, 0.2) is 42.6 Å². The quantitative estimate of drug-likeness (QED) is 0.135. The van der Waals surface area contributed by atoms with Crippen LogP contribution < -0.4 is 0 Å². The number of nitrogens with zero attached hydrogens (tertiary/aromatic N) is 4. The SMILES string of the molecule is CC[C@H](C)[C@@H]([C@@H](CC(=O)N1CCC[C@H]1[C@H](OC)[C@@H](C)C(=O)C[C@@H](Cc1ccccc1)C(=O)OC)OC)N(C)C(=O)[C@@H](Cc1nccc(C(C)C)n1)C(C)C. The third kappa shape index (κ3) is 11.7. The first kappa shape index (κ1) is 44.7. The molecule has 1 aromatic carbocycles. The zero-order valence-corrected chi connectivity index (χ0v) is 34.6. The first-order valence-corrected chi connectivity index (χ1v) is 19.8. The minimum atomic E-state index is -0.626. The molecule has 2 heterocycles. The normalized spacial score (nSPS) is 18.5. The molecule has 0 spiro atoms. The second-order valence-electron chi connectivity index (χ2n) is 15.8. The van der Waals surface area contributed by atoms with Gasteiger partial charge in [0.2, 0.25) is 11.8 Å². The van der Waals surface area contributed by atoms with Gasteiger partial charge in [0.15, 0.2) is 0 Å². The van der Waals surface area contributed by atoms with E-state index in [9.17, 15) is 19.2 Å². The van der Waals surface area contributed by atoms with E-state index in [1.165, 1.54) is 7.11 Å². The van der Waals surface area contributed by atoms with E-state index in [0.29, 0.717) is 31.6 Å². The van der Waals surface area contributed by atoms with E-state index >= 15 is 0 Å². The van der Waals surface area contributed by atoms with Crippen molar-refractivity contribution in [3.8, 4) is 0 Å². The highest BCUT2D eigenvalue weighted by Crippen LogP contribution is 2.31. The number of benzene rings is 1. The number of Topliss-reactive ketones (excluding diaryl/α,β-unsaturated/α-hetero) is 1. The third-order valence-electron chi connectivity index (χ3n) is 11.5. The van der Waals surface area contributed by atoms with Crippen LogP contribution in [0.4, 0.5) is 0 Å². The summed E-state index contributed by atoms with van der Waals surface area (Å²) in [6.45, 7) is 14.8. The van der Waals surface area contributed by atoms with Gasteiger partial charge in [-0.2, -0.15) is 0 Å². The third-order valence-corrected chi connectivity index (χ3v) is 11.5. The van der Waals surface area contributed by atoms with Crippen molar-refractivity contribution in [1.82, 2.24) is 19.8 Å². The predicted octanol–water partition coefficient (Wildman–Crippen LogP) is 6.33. The Kier molecular flexibility index (Phi) is 17.7. The summed E-state index contributed by atoms with van der Waals surface area (Å²) in [4.78, 5) is 68.0. The minimum Gasteiger partial charge on any atom is -0.469 e. The van der Waals surface area contributed by atoms with E-state index in [-0.39, 0.29) is 66.2 Å². The molecule has 0 unspecified atom stereocenters. The maximum Gasteiger partial charge on any atom is 0.309 e. The van der Waals surface area contributed by atoms with Gasteiger partial charge in [0.25, 0.3) is 0 Å². The maximum atomic E-state index is 14.3. The molecular formula is C43H66N4O7. The number of ether oxygens (including phenoxy) is 3. The van der Waals surface area contributed by atoms with E-state index in [1.807, 2.05) is 69.1 Å². The highest BCUT2D eigenvalue weighted by Gasteiger charge is 2.43. The number of hydrogen-bond donors (Lipinski definition) is 0. The van der Waals surface area contributed by atoms with Crippen molar-refractivity contribution >= 4 is 23.6 Å². The lowest BCUT2D eigenvalue weighted by Gasteiger charge is -2.40. The number of likely N-dealkylation sites (N-methyl/N-ethyl adjacent to an activating group) is 1. The van der Waals surface area contributed by atoms with Crippen LogP contribution in [-0.4, -0.2) is 103 Å². The monoisotopic (exact) mass is 750 g/mol. The summed E-state index contributed by atoms with van der Waals surface area (Å²) < 4.78 is 17.1. The Balaban J connectivity index is 1.78. The molecule has 0 radical (unpaired) electrons. The van der Waals surface area contributed by atoms with Gasteiger partial charge in [-0.05, 0) is 48.6 Å². The van der Waals surface area contributed by atoms with Crippen LogP contribution in [0, 0.1) is 29.6 Å². The molecular weight excluding hydrogens is 684 g/mol. The Hall–Kier alpha value is -3.70. The number of amides is 2. The number of carbonyl (C=O) groups excluding carboxylic acids is 4. The van der Waals surface area contributed by atoms with Crippen molar-refractivity contribution in [1.29, 1.82) is 0 Å². The topological polar surface area (TPSA) is 128 Å². The molecule has 11 heteroatoms. The van der Waals surface area contributed by atoms with Gasteiger partial charge in [-0.25, -0.2) is 9.97 Å². The number of aromatic nitrogens is 2. The lowest BCUT2D eigenvalue weighted by Crippen LogP contribution is -2.54. The number of likely N-dealkylation sites (tertiary alicyclic amines) is 1. The molecule has 0 aliphatic carbocycles. The number of carbonyl (C=O) groups is 4. The van der Waals surface area contributed by atoms with Crippen LogP contribution in [0.25, 0.3) is 0 Å². The first-order chi connectivity index (χ1) is 25.7. The van der Waals surface area contributed by atoms with Crippen LogP contribution in [0.2, 0.25) is 0 Å². The van der Waals surface area contributed by atoms with Crippen molar-refractivity contribution in [2.24, 2.45) is 29.6 Å². The zero-order valence-electron chi connectivity index (χ0n) is 34.6. The highest BCUT2D eigenvalue weighted by atomic mass is 16.5. The number of methoxy groups -OCH3 is 3. The van der Waals surface area contributed by atoms with Crippen molar-refractivity contribution in [2.45, 2.75) is 124 Å². The standard InChI is InChI=1S/C43H66N4O7/c1-12-29(6)40(46(8)42(50)33(27(2)3)25-38-44-21-20-34(45-38)28(4)5)37(52-9)26-39(49)47-22-16-19-35(47)41(53-10)30(7)36(48)24-32(43(51)54-11)23-31-17-14-13-15-18-31/h13-15,17-18,20-21,27-30,32-33,35,37,40-41H,12,16,19,22-26H2,1-11H3/t29-,30-,32+,33-,35-,37+,40-,41+/m0/s1. The molecule has 1 fully saturated rings. The fraction of sp³-hybridized carbons (Fsp3) is 0.674. The van der Waals surface area contributed by atoms with Crippen molar-refractivity contribution < 1.29 is 33.4 Å².